The van der Waals surface area contributed by atoms with Crippen LogP contribution in [0.25, 0.3) is 11.0 Å². The van der Waals surface area contributed by atoms with E-state index in [-0.39, 0.29) is 5.69 Å². The largest absolute Gasteiger partial charge is 0.396 e. The summed E-state index contributed by atoms with van der Waals surface area (Å²) < 4.78 is 1.81. The zero-order valence-electron chi connectivity index (χ0n) is 11.6. The average Bonchev–Trinajstić information content (AvgIpc) is 3.04. The van der Waals surface area contributed by atoms with Crippen LogP contribution in [0.2, 0.25) is 0 Å². The number of fused-ring (bicyclic) bond motifs is 1. The molecule has 1 aliphatic rings. The van der Waals surface area contributed by atoms with Crippen LogP contribution < -0.4 is 5.69 Å². The Bertz CT molecular complexity index is 631. The van der Waals surface area contributed by atoms with E-state index in [9.17, 15) is 4.79 Å². The number of benzene rings is 1. The Kier molecular flexibility index (Phi) is 3.89. The summed E-state index contributed by atoms with van der Waals surface area (Å²) in [6, 6.07) is 7.80. The van der Waals surface area contributed by atoms with Crippen LogP contribution in [0.5, 0.6) is 0 Å². The predicted molar refractivity (Wildman–Crippen MR) is 78.8 cm³/mol. The molecule has 0 amide bonds. The standard InChI is InChI=1S/C15H21N3O2/c19-11-12-6-9-17(10-12)7-3-8-18-14-5-2-1-4-13(14)16-15(18)20/h1-2,4-5,12,19H,3,6-11H2,(H,16,20). The molecule has 108 valence electrons. The normalized spacial score (nSPS) is 19.9. The number of nitrogens with zero attached hydrogens (tertiary/aromatic N) is 2. The van der Waals surface area contributed by atoms with Crippen molar-refractivity contribution in [3.63, 3.8) is 0 Å². The van der Waals surface area contributed by atoms with E-state index in [4.69, 9.17) is 5.11 Å². The third kappa shape index (κ3) is 2.64. The lowest BCUT2D eigenvalue weighted by Gasteiger charge is -2.15. The Morgan fingerprint density at radius 3 is 2.95 bits per heavy atom. The number of nitrogens with one attached hydrogen (secondary N) is 1. The molecule has 1 unspecified atom stereocenters. The van der Waals surface area contributed by atoms with Crippen molar-refractivity contribution in [2.24, 2.45) is 5.92 Å². The van der Waals surface area contributed by atoms with Crippen LogP contribution in [0.1, 0.15) is 12.8 Å². The SMILES string of the molecule is O=c1[nH]c2ccccc2n1CCCN1CCC(CO)C1. The Labute approximate surface area is 117 Å². The molecular formula is C15H21N3O2. The molecule has 0 aliphatic carbocycles. The first-order chi connectivity index (χ1) is 9.78. The summed E-state index contributed by atoms with van der Waals surface area (Å²) in [5.41, 5.74) is 1.85. The molecular weight excluding hydrogens is 254 g/mol. The van der Waals surface area contributed by atoms with Crippen molar-refractivity contribution < 1.29 is 5.11 Å². The van der Waals surface area contributed by atoms with E-state index in [0.717, 1.165) is 50.1 Å². The van der Waals surface area contributed by atoms with Crippen LogP contribution >= 0.6 is 0 Å². The molecule has 2 heterocycles. The number of rotatable bonds is 5. The smallest absolute Gasteiger partial charge is 0.326 e. The van der Waals surface area contributed by atoms with Crippen LogP contribution in [0.4, 0.5) is 0 Å². The highest BCUT2D eigenvalue weighted by atomic mass is 16.3. The van der Waals surface area contributed by atoms with Crippen LogP contribution in [-0.4, -0.2) is 45.8 Å². The molecule has 1 saturated heterocycles. The van der Waals surface area contributed by atoms with Gasteiger partial charge < -0.3 is 15.0 Å². The fourth-order valence-corrected chi connectivity index (χ4v) is 3.05. The van der Waals surface area contributed by atoms with Crippen LogP contribution in [0.15, 0.2) is 29.1 Å². The summed E-state index contributed by atoms with van der Waals surface area (Å²) in [7, 11) is 0. The van der Waals surface area contributed by atoms with E-state index in [0.29, 0.717) is 12.5 Å². The first kappa shape index (κ1) is 13.4. The topological polar surface area (TPSA) is 61.3 Å². The molecule has 1 atom stereocenters. The molecule has 1 aromatic carbocycles. The number of hydrogen-bond donors (Lipinski definition) is 2. The van der Waals surface area contributed by atoms with Gasteiger partial charge in [-0.1, -0.05) is 12.1 Å². The summed E-state index contributed by atoms with van der Waals surface area (Å²) in [5.74, 6) is 0.436. The number of aromatic nitrogens is 2. The lowest BCUT2D eigenvalue weighted by atomic mass is 10.1. The maximum atomic E-state index is 11.9. The maximum absolute atomic E-state index is 11.9. The Morgan fingerprint density at radius 2 is 2.15 bits per heavy atom. The predicted octanol–water partition coefficient (Wildman–Crippen LogP) is 1.03. The molecule has 1 aliphatic heterocycles. The van der Waals surface area contributed by atoms with Gasteiger partial charge in [0.1, 0.15) is 0 Å². The van der Waals surface area contributed by atoms with Gasteiger partial charge in [-0.25, -0.2) is 4.79 Å². The third-order valence-corrected chi connectivity index (χ3v) is 4.17. The number of aliphatic hydroxyl groups is 1. The molecule has 1 aromatic heterocycles. The number of para-hydroxylation sites is 2. The van der Waals surface area contributed by atoms with Gasteiger partial charge in [0.25, 0.3) is 0 Å². The Hall–Kier alpha value is -1.59. The minimum atomic E-state index is -0.0270. The first-order valence-corrected chi connectivity index (χ1v) is 7.28. The van der Waals surface area contributed by atoms with Crippen molar-refractivity contribution >= 4 is 11.0 Å². The van der Waals surface area contributed by atoms with E-state index in [1.54, 1.807) is 0 Å². The van der Waals surface area contributed by atoms with Gasteiger partial charge in [-0.3, -0.25) is 4.57 Å². The minimum absolute atomic E-state index is 0.0270. The number of aryl methyl sites for hydroxylation is 1. The fourth-order valence-electron chi connectivity index (χ4n) is 3.05. The van der Waals surface area contributed by atoms with Gasteiger partial charge in [0.05, 0.1) is 11.0 Å². The van der Waals surface area contributed by atoms with Gasteiger partial charge in [-0.15, -0.1) is 0 Å². The average molecular weight is 275 g/mol. The molecule has 0 radical (unpaired) electrons. The second-order valence-corrected chi connectivity index (χ2v) is 5.59. The second-order valence-electron chi connectivity index (χ2n) is 5.59. The summed E-state index contributed by atoms with van der Waals surface area (Å²) in [5, 5.41) is 9.14. The van der Waals surface area contributed by atoms with Crippen molar-refractivity contribution in [2.75, 3.05) is 26.2 Å². The summed E-state index contributed by atoms with van der Waals surface area (Å²) in [4.78, 5) is 17.2. The van der Waals surface area contributed by atoms with E-state index in [1.807, 2.05) is 28.8 Å². The monoisotopic (exact) mass is 275 g/mol. The summed E-state index contributed by atoms with van der Waals surface area (Å²) in [6.45, 7) is 4.07. The van der Waals surface area contributed by atoms with E-state index in [1.165, 1.54) is 0 Å². The van der Waals surface area contributed by atoms with Crippen molar-refractivity contribution in [1.82, 2.24) is 14.5 Å². The highest BCUT2D eigenvalue weighted by molar-refractivity contribution is 5.74. The van der Waals surface area contributed by atoms with E-state index >= 15 is 0 Å². The molecule has 0 saturated carbocycles. The van der Waals surface area contributed by atoms with Gasteiger partial charge in [0, 0.05) is 19.7 Å². The molecule has 2 N–H and O–H groups in total. The van der Waals surface area contributed by atoms with Crippen molar-refractivity contribution in [2.45, 2.75) is 19.4 Å². The summed E-state index contributed by atoms with van der Waals surface area (Å²) >= 11 is 0. The van der Waals surface area contributed by atoms with E-state index < -0.39 is 0 Å². The van der Waals surface area contributed by atoms with Crippen molar-refractivity contribution in [1.29, 1.82) is 0 Å². The summed E-state index contributed by atoms with van der Waals surface area (Å²) in [6.07, 6.45) is 2.05. The fraction of sp³-hybridized carbons (Fsp3) is 0.533. The van der Waals surface area contributed by atoms with Gasteiger partial charge in [-0.05, 0) is 44.0 Å². The van der Waals surface area contributed by atoms with Gasteiger partial charge in [-0.2, -0.15) is 0 Å². The Balaban J connectivity index is 1.60. The Morgan fingerprint density at radius 1 is 1.30 bits per heavy atom. The lowest BCUT2D eigenvalue weighted by molar-refractivity contribution is 0.220. The highest BCUT2D eigenvalue weighted by Crippen LogP contribution is 2.16. The zero-order chi connectivity index (χ0) is 13.9. The van der Waals surface area contributed by atoms with Crippen LogP contribution in [-0.2, 0) is 6.54 Å². The van der Waals surface area contributed by atoms with Crippen molar-refractivity contribution in [3.05, 3.63) is 34.7 Å². The van der Waals surface area contributed by atoms with E-state index in [2.05, 4.69) is 9.88 Å². The van der Waals surface area contributed by atoms with Gasteiger partial charge >= 0.3 is 5.69 Å². The molecule has 0 bridgehead atoms. The number of aromatic amines is 1. The first-order valence-electron chi connectivity index (χ1n) is 7.28. The number of imidazole rings is 1. The van der Waals surface area contributed by atoms with Gasteiger partial charge in [0.2, 0.25) is 0 Å². The lowest BCUT2D eigenvalue weighted by Crippen LogP contribution is -2.25. The second kappa shape index (κ2) is 5.81. The minimum Gasteiger partial charge on any atom is -0.396 e. The quantitative estimate of drug-likeness (QED) is 0.857. The molecule has 20 heavy (non-hydrogen) atoms. The van der Waals surface area contributed by atoms with Crippen molar-refractivity contribution in [3.8, 4) is 0 Å². The number of hydrogen-bond acceptors (Lipinski definition) is 3. The maximum Gasteiger partial charge on any atom is 0.326 e. The molecule has 2 aromatic rings. The molecule has 0 spiro atoms. The molecule has 3 rings (SSSR count). The number of likely N-dealkylation sites (tertiary alicyclic amines) is 1. The number of H-pyrrole nitrogens is 1. The molecule has 5 nitrogen and oxygen atoms in total. The van der Waals surface area contributed by atoms with Crippen LogP contribution in [0.3, 0.4) is 0 Å². The third-order valence-electron chi connectivity index (χ3n) is 4.17. The highest BCUT2D eigenvalue weighted by Gasteiger charge is 2.20. The van der Waals surface area contributed by atoms with Gasteiger partial charge in [0.15, 0.2) is 0 Å². The molecule has 5 heteroatoms. The molecule has 1 fully saturated rings. The zero-order valence-corrected chi connectivity index (χ0v) is 11.6. The van der Waals surface area contributed by atoms with Crippen LogP contribution in [0, 0.1) is 5.92 Å². The number of aliphatic hydroxyl groups excluding tert-OH is 1.